The largest absolute Gasteiger partial charge is 0.456 e. The Hall–Kier alpha value is -8.35. The third-order valence-corrected chi connectivity index (χ3v) is 11.0. The van der Waals surface area contributed by atoms with Crippen LogP contribution in [0.1, 0.15) is 0 Å². The molecule has 5 heterocycles. The second-order valence-electron chi connectivity index (χ2n) is 14.9. The van der Waals surface area contributed by atoms with Gasteiger partial charge in [0.2, 0.25) is 0 Å². The molecule has 11 rings (SSSR count). The van der Waals surface area contributed by atoms with Crippen LogP contribution in [0, 0.1) is 0 Å². The fourth-order valence-electron chi connectivity index (χ4n) is 7.98. The summed E-state index contributed by atoms with van der Waals surface area (Å²) in [5.41, 5.74) is 16.0. The van der Waals surface area contributed by atoms with Gasteiger partial charge in [0.05, 0.1) is 45.6 Å². The number of aromatic nitrogens is 5. The van der Waals surface area contributed by atoms with E-state index < -0.39 is 0 Å². The van der Waals surface area contributed by atoms with Crippen molar-refractivity contribution < 1.29 is 4.42 Å². The summed E-state index contributed by atoms with van der Waals surface area (Å²) < 4.78 is 6.62. The van der Waals surface area contributed by atoms with Gasteiger partial charge >= 0.3 is 0 Å². The highest BCUT2D eigenvalue weighted by atomic mass is 16.3. The van der Waals surface area contributed by atoms with Crippen LogP contribution < -0.4 is 0 Å². The third kappa shape index (κ3) is 6.92. The second kappa shape index (κ2) is 15.4. The number of hydrogen-bond donors (Lipinski definition) is 0. The molecule has 286 valence electrons. The highest BCUT2D eigenvalue weighted by molar-refractivity contribution is 6.07. The molecule has 0 atom stereocenters. The van der Waals surface area contributed by atoms with E-state index in [1.807, 2.05) is 78.9 Å². The molecular formula is C55H35N5O. The third-order valence-electron chi connectivity index (χ3n) is 11.0. The molecule has 0 aliphatic carbocycles. The van der Waals surface area contributed by atoms with Gasteiger partial charge in [-0.05, 0) is 82.9 Å². The quantitative estimate of drug-likeness (QED) is 0.153. The Morgan fingerprint density at radius 1 is 0.262 bits per heavy atom. The summed E-state index contributed by atoms with van der Waals surface area (Å²) in [7, 11) is 0. The van der Waals surface area contributed by atoms with Gasteiger partial charge in [0.1, 0.15) is 11.2 Å². The fourth-order valence-corrected chi connectivity index (χ4v) is 7.98. The summed E-state index contributed by atoms with van der Waals surface area (Å²) in [6.45, 7) is 0. The highest BCUT2D eigenvalue weighted by Gasteiger charge is 2.21. The monoisotopic (exact) mass is 781 g/mol. The van der Waals surface area contributed by atoms with Crippen molar-refractivity contribution >= 4 is 21.9 Å². The number of benzene rings is 6. The van der Waals surface area contributed by atoms with Crippen LogP contribution in [-0.2, 0) is 0 Å². The zero-order valence-corrected chi connectivity index (χ0v) is 32.9. The maximum Gasteiger partial charge on any atom is 0.136 e. The Kier molecular flexibility index (Phi) is 9.06. The van der Waals surface area contributed by atoms with E-state index in [0.717, 1.165) is 112 Å². The van der Waals surface area contributed by atoms with Gasteiger partial charge in [-0.25, -0.2) is 15.0 Å². The van der Waals surface area contributed by atoms with Crippen LogP contribution in [0.2, 0.25) is 0 Å². The molecule has 0 saturated carbocycles. The Bertz CT molecular complexity index is 3260. The zero-order chi connectivity index (χ0) is 40.5. The molecule has 0 aliphatic heterocycles. The summed E-state index contributed by atoms with van der Waals surface area (Å²) >= 11 is 0. The lowest BCUT2D eigenvalue weighted by Gasteiger charge is -2.16. The van der Waals surface area contributed by atoms with Crippen molar-refractivity contribution in [3.05, 3.63) is 213 Å². The van der Waals surface area contributed by atoms with Crippen LogP contribution in [0.15, 0.2) is 217 Å². The summed E-state index contributed by atoms with van der Waals surface area (Å²) in [6.07, 6.45) is 3.58. The molecule has 0 radical (unpaired) electrons. The number of hydrogen-bond acceptors (Lipinski definition) is 6. The second-order valence-corrected chi connectivity index (χ2v) is 14.9. The number of furan rings is 1. The summed E-state index contributed by atoms with van der Waals surface area (Å²) in [5.74, 6) is 0. The highest BCUT2D eigenvalue weighted by Crippen LogP contribution is 2.40. The average Bonchev–Trinajstić information content (AvgIpc) is 3.72. The van der Waals surface area contributed by atoms with Crippen molar-refractivity contribution in [3.63, 3.8) is 0 Å². The van der Waals surface area contributed by atoms with Crippen LogP contribution >= 0.6 is 0 Å². The van der Waals surface area contributed by atoms with Crippen molar-refractivity contribution in [2.45, 2.75) is 0 Å². The Morgan fingerprint density at radius 2 is 0.656 bits per heavy atom. The van der Waals surface area contributed by atoms with Crippen molar-refractivity contribution in [2.75, 3.05) is 0 Å². The maximum absolute atomic E-state index is 6.62. The van der Waals surface area contributed by atoms with E-state index >= 15 is 0 Å². The molecule has 0 bridgehead atoms. The van der Waals surface area contributed by atoms with Crippen LogP contribution in [0.4, 0.5) is 0 Å². The molecule has 0 amide bonds. The smallest absolute Gasteiger partial charge is 0.136 e. The van der Waals surface area contributed by atoms with E-state index in [-0.39, 0.29) is 0 Å². The van der Waals surface area contributed by atoms with Crippen LogP contribution in [0.25, 0.3) is 112 Å². The lowest BCUT2D eigenvalue weighted by molar-refractivity contribution is 0.669. The van der Waals surface area contributed by atoms with E-state index in [1.54, 1.807) is 12.4 Å². The van der Waals surface area contributed by atoms with Gasteiger partial charge in [-0.15, -0.1) is 0 Å². The number of pyridine rings is 3. The summed E-state index contributed by atoms with van der Waals surface area (Å²) in [4.78, 5) is 25.3. The normalized spacial score (nSPS) is 11.3. The molecule has 0 saturated heterocycles. The van der Waals surface area contributed by atoms with Crippen LogP contribution in [0.3, 0.4) is 0 Å². The molecule has 0 N–H and O–H groups in total. The fraction of sp³-hybridized carbons (Fsp3) is 0. The average molecular weight is 782 g/mol. The van der Waals surface area contributed by atoms with Gasteiger partial charge in [-0.1, -0.05) is 140 Å². The van der Waals surface area contributed by atoms with Crippen molar-refractivity contribution in [1.82, 2.24) is 24.9 Å². The van der Waals surface area contributed by atoms with E-state index in [4.69, 9.17) is 19.4 Å². The van der Waals surface area contributed by atoms with Crippen molar-refractivity contribution in [1.29, 1.82) is 0 Å². The van der Waals surface area contributed by atoms with Crippen molar-refractivity contribution in [3.8, 4) is 90.1 Å². The zero-order valence-electron chi connectivity index (χ0n) is 32.9. The first-order valence-corrected chi connectivity index (χ1v) is 20.2. The number of fused-ring (bicyclic) bond motifs is 3. The molecule has 0 fully saturated rings. The Balaban J connectivity index is 1.07. The molecule has 5 aromatic heterocycles. The van der Waals surface area contributed by atoms with Crippen LogP contribution in [-0.4, -0.2) is 24.9 Å². The van der Waals surface area contributed by atoms with E-state index in [1.165, 1.54) is 0 Å². The topological polar surface area (TPSA) is 77.6 Å². The van der Waals surface area contributed by atoms with Crippen LogP contribution in [0.5, 0.6) is 0 Å². The summed E-state index contributed by atoms with van der Waals surface area (Å²) in [5, 5.41) is 2.12. The molecule has 61 heavy (non-hydrogen) atoms. The first kappa shape index (κ1) is 35.8. The molecule has 6 heteroatoms. The summed E-state index contributed by atoms with van der Waals surface area (Å²) in [6, 6.07) is 68.2. The lowest BCUT2D eigenvalue weighted by Crippen LogP contribution is -2.01. The molecule has 6 aromatic carbocycles. The number of rotatable bonds is 8. The first-order chi connectivity index (χ1) is 30.2. The van der Waals surface area contributed by atoms with Gasteiger partial charge < -0.3 is 4.42 Å². The maximum atomic E-state index is 6.62. The number of nitrogens with zero attached hydrogens (tertiary/aromatic N) is 5. The molecule has 11 aromatic rings. The SMILES string of the molecule is c1ccc(-c2ccc3c(c2)oc2cc(-c4nc(-c5ccccc5)c(-c5ccccc5)nc4-c4ccc(-c5cc(-c6ccccn6)nc(-c6ccccn6)c5)cc4)ccc23)cc1. The van der Waals surface area contributed by atoms with Gasteiger partial charge in [-0.3, -0.25) is 9.97 Å². The predicted molar refractivity (Wildman–Crippen MR) is 246 cm³/mol. The molecule has 0 spiro atoms. The Labute approximate surface area is 352 Å². The van der Waals surface area contributed by atoms with Gasteiger partial charge in [0.25, 0.3) is 0 Å². The molecule has 6 nitrogen and oxygen atoms in total. The van der Waals surface area contributed by atoms with E-state index in [9.17, 15) is 0 Å². The predicted octanol–water partition coefficient (Wildman–Crippen LogP) is 13.9. The van der Waals surface area contributed by atoms with Gasteiger partial charge in [-0.2, -0.15) is 0 Å². The molecule has 0 unspecified atom stereocenters. The first-order valence-electron chi connectivity index (χ1n) is 20.2. The standard InChI is InChI=1S/C55H35N5O/c1-4-14-36(15-5-1)41-26-28-44-45-29-27-42(35-51(45)61-50(44)34-41)55-54(59-52(38-16-6-2-7-17-38)53(60-55)39-18-8-3-9-19-39)40-24-22-37(23-25-40)43-32-48(46-20-10-12-30-56-46)58-49(33-43)47-21-11-13-31-57-47/h1-35H. The molecular weight excluding hydrogens is 747 g/mol. The van der Waals surface area contributed by atoms with Crippen molar-refractivity contribution in [2.24, 2.45) is 0 Å². The van der Waals surface area contributed by atoms with Gasteiger partial charge in [0.15, 0.2) is 0 Å². The van der Waals surface area contributed by atoms with Gasteiger partial charge in [0, 0.05) is 45.4 Å². The van der Waals surface area contributed by atoms with E-state index in [0.29, 0.717) is 0 Å². The Morgan fingerprint density at radius 3 is 1.16 bits per heavy atom. The minimum absolute atomic E-state index is 0.761. The molecule has 0 aliphatic rings. The van der Waals surface area contributed by atoms with E-state index in [2.05, 4.69) is 131 Å². The lowest BCUT2D eigenvalue weighted by atomic mass is 9.97. The minimum atomic E-state index is 0.761. The minimum Gasteiger partial charge on any atom is -0.456 e.